The van der Waals surface area contributed by atoms with Gasteiger partial charge in [0.1, 0.15) is 0 Å². The first-order chi connectivity index (χ1) is 10.1. The number of halogens is 1. The summed E-state index contributed by atoms with van der Waals surface area (Å²) in [5, 5.41) is 6.28. The fourth-order valence-electron chi connectivity index (χ4n) is 2.71. The van der Waals surface area contributed by atoms with Crippen LogP contribution < -0.4 is 15.4 Å². The standard InChI is InChI=1S/C16H23FN2O2/c1-11-9-13(6-8-18-11)16(20)19-7-5-12-3-4-15(21-2)14(17)10-12/h3-4,10-11,13,18H,5-9H2,1-2H3,(H,19,20)/t11-,13-/m0/s1. The smallest absolute Gasteiger partial charge is 0.223 e. The number of hydrogen-bond acceptors (Lipinski definition) is 3. The average molecular weight is 294 g/mol. The number of amides is 1. The molecule has 1 saturated heterocycles. The van der Waals surface area contributed by atoms with E-state index in [2.05, 4.69) is 17.6 Å². The Morgan fingerprint density at radius 3 is 3.00 bits per heavy atom. The summed E-state index contributed by atoms with van der Waals surface area (Å²) < 4.78 is 18.4. The molecule has 5 heteroatoms. The van der Waals surface area contributed by atoms with Crippen molar-refractivity contribution in [2.24, 2.45) is 5.92 Å². The van der Waals surface area contributed by atoms with Crippen molar-refractivity contribution >= 4 is 5.91 Å². The highest BCUT2D eigenvalue weighted by Crippen LogP contribution is 2.18. The maximum absolute atomic E-state index is 13.6. The van der Waals surface area contributed by atoms with Crippen molar-refractivity contribution in [3.63, 3.8) is 0 Å². The highest BCUT2D eigenvalue weighted by Gasteiger charge is 2.24. The second-order valence-corrected chi connectivity index (χ2v) is 5.59. The molecule has 1 aliphatic heterocycles. The number of nitrogens with one attached hydrogen (secondary N) is 2. The molecule has 2 N–H and O–H groups in total. The van der Waals surface area contributed by atoms with Gasteiger partial charge in [0.2, 0.25) is 5.91 Å². The predicted octanol–water partition coefficient (Wildman–Crippen LogP) is 1.88. The molecule has 0 spiro atoms. The van der Waals surface area contributed by atoms with Gasteiger partial charge < -0.3 is 15.4 Å². The Morgan fingerprint density at radius 2 is 2.33 bits per heavy atom. The minimum atomic E-state index is -0.367. The van der Waals surface area contributed by atoms with Gasteiger partial charge in [0.05, 0.1) is 7.11 Å². The van der Waals surface area contributed by atoms with Crippen molar-refractivity contribution in [1.82, 2.24) is 10.6 Å². The Labute approximate surface area is 125 Å². The molecular formula is C16H23FN2O2. The summed E-state index contributed by atoms with van der Waals surface area (Å²) in [5.41, 5.74) is 0.854. The van der Waals surface area contributed by atoms with Gasteiger partial charge >= 0.3 is 0 Å². The molecule has 2 atom stereocenters. The minimum Gasteiger partial charge on any atom is -0.494 e. The SMILES string of the molecule is COc1ccc(CCNC(=O)[C@H]2CCN[C@@H](C)C2)cc1F. The van der Waals surface area contributed by atoms with E-state index in [0.717, 1.165) is 24.9 Å². The molecule has 116 valence electrons. The van der Waals surface area contributed by atoms with E-state index in [9.17, 15) is 9.18 Å². The second kappa shape index (κ2) is 7.41. The van der Waals surface area contributed by atoms with Gasteiger partial charge in [-0.3, -0.25) is 4.79 Å². The first kappa shape index (κ1) is 15.8. The molecule has 1 heterocycles. The summed E-state index contributed by atoms with van der Waals surface area (Å²) in [7, 11) is 1.44. The van der Waals surface area contributed by atoms with Crippen LogP contribution in [0.1, 0.15) is 25.3 Å². The second-order valence-electron chi connectivity index (χ2n) is 5.59. The quantitative estimate of drug-likeness (QED) is 0.872. The largest absolute Gasteiger partial charge is 0.494 e. The monoisotopic (exact) mass is 294 g/mol. The molecule has 1 aromatic rings. The zero-order chi connectivity index (χ0) is 15.2. The lowest BCUT2D eigenvalue weighted by Gasteiger charge is -2.27. The molecule has 0 aliphatic carbocycles. The number of piperidine rings is 1. The fraction of sp³-hybridized carbons (Fsp3) is 0.562. The van der Waals surface area contributed by atoms with Crippen molar-refractivity contribution in [2.45, 2.75) is 32.2 Å². The van der Waals surface area contributed by atoms with Crippen molar-refractivity contribution in [1.29, 1.82) is 0 Å². The highest BCUT2D eigenvalue weighted by molar-refractivity contribution is 5.78. The number of ether oxygens (including phenoxy) is 1. The molecule has 4 nitrogen and oxygen atoms in total. The van der Waals surface area contributed by atoms with Crippen molar-refractivity contribution < 1.29 is 13.9 Å². The predicted molar refractivity (Wildman–Crippen MR) is 79.9 cm³/mol. The molecule has 1 fully saturated rings. The van der Waals surface area contributed by atoms with E-state index in [1.54, 1.807) is 6.07 Å². The van der Waals surface area contributed by atoms with Gasteiger partial charge in [-0.2, -0.15) is 0 Å². The molecule has 1 amide bonds. The number of carbonyl (C=O) groups is 1. The molecule has 2 rings (SSSR count). The Morgan fingerprint density at radius 1 is 1.52 bits per heavy atom. The zero-order valence-corrected chi connectivity index (χ0v) is 12.6. The topological polar surface area (TPSA) is 50.4 Å². The van der Waals surface area contributed by atoms with Gasteiger partial charge in [0, 0.05) is 18.5 Å². The lowest BCUT2D eigenvalue weighted by atomic mass is 9.92. The Bertz CT molecular complexity index is 493. The van der Waals surface area contributed by atoms with Gasteiger partial charge in [-0.25, -0.2) is 4.39 Å². The highest BCUT2D eigenvalue weighted by atomic mass is 19.1. The van der Waals surface area contributed by atoms with Gasteiger partial charge in [-0.15, -0.1) is 0 Å². The van der Waals surface area contributed by atoms with E-state index >= 15 is 0 Å². The van der Waals surface area contributed by atoms with Crippen LogP contribution in [0.3, 0.4) is 0 Å². The lowest BCUT2D eigenvalue weighted by Crippen LogP contribution is -2.42. The number of benzene rings is 1. The Hall–Kier alpha value is -1.62. The fourth-order valence-corrected chi connectivity index (χ4v) is 2.71. The minimum absolute atomic E-state index is 0.0915. The van der Waals surface area contributed by atoms with E-state index in [4.69, 9.17) is 4.74 Å². The van der Waals surface area contributed by atoms with Crippen LogP contribution >= 0.6 is 0 Å². The molecule has 0 radical (unpaired) electrons. The van der Waals surface area contributed by atoms with E-state index in [1.165, 1.54) is 13.2 Å². The van der Waals surface area contributed by atoms with E-state index < -0.39 is 0 Å². The summed E-state index contributed by atoms with van der Waals surface area (Å²) in [4.78, 5) is 12.1. The van der Waals surface area contributed by atoms with E-state index in [0.29, 0.717) is 19.0 Å². The van der Waals surface area contributed by atoms with Crippen LogP contribution in [0.5, 0.6) is 5.75 Å². The number of carbonyl (C=O) groups excluding carboxylic acids is 1. The number of rotatable bonds is 5. The molecule has 0 aromatic heterocycles. The average Bonchev–Trinajstić information content (AvgIpc) is 2.47. The van der Waals surface area contributed by atoms with Crippen LogP contribution in [0.15, 0.2) is 18.2 Å². The van der Waals surface area contributed by atoms with Gasteiger partial charge in [-0.1, -0.05) is 6.07 Å². The molecule has 0 unspecified atom stereocenters. The van der Waals surface area contributed by atoms with Crippen LogP contribution in [0.25, 0.3) is 0 Å². The van der Waals surface area contributed by atoms with Crippen LogP contribution in [0.4, 0.5) is 4.39 Å². The molecule has 1 aromatic carbocycles. The third-order valence-electron chi connectivity index (χ3n) is 3.92. The maximum atomic E-state index is 13.6. The number of methoxy groups -OCH3 is 1. The summed E-state index contributed by atoms with van der Waals surface area (Å²) in [6, 6.07) is 5.28. The van der Waals surface area contributed by atoms with Crippen molar-refractivity contribution in [3.8, 4) is 5.75 Å². The maximum Gasteiger partial charge on any atom is 0.223 e. The van der Waals surface area contributed by atoms with E-state index in [1.807, 2.05) is 6.07 Å². The summed E-state index contributed by atoms with van der Waals surface area (Å²) in [5.74, 6) is 0.0752. The molecule has 1 aliphatic rings. The first-order valence-corrected chi connectivity index (χ1v) is 7.43. The van der Waals surface area contributed by atoms with Crippen molar-refractivity contribution in [2.75, 3.05) is 20.2 Å². The summed E-state index contributed by atoms with van der Waals surface area (Å²) in [6.07, 6.45) is 2.38. The van der Waals surface area contributed by atoms with Gasteiger partial charge in [0.15, 0.2) is 11.6 Å². The first-order valence-electron chi connectivity index (χ1n) is 7.43. The lowest BCUT2D eigenvalue weighted by molar-refractivity contribution is -0.126. The molecule has 0 saturated carbocycles. The third-order valence-corrected chi connectivity index (χ3v) is 3.92. The van der Waals surface area contributed by atoms with Gasteiger partial charge in [-0.05, 0) is 50.4 Å². The summed E-state index contributed by atoms with van der Waals surface area (Å²) in [6.45, 7) is 3.52. The van der Waals surface area contributed by atoms with E-state index in [-0.39, 0.29) is 23.4 Å². The van der Waals surface area contributed by atoms with Crippen LogP contribution in [0.2, 0.25) is 0 Å². The normalized spacial score (nSPS) is 21.9. The van der Waals surface area contributed by atoms with Crippen LogP contribution in [0, 0.1) is 11.7 Å². The summed E-state index contributed by atoms with van der Waals surface area (Å²) >= 11 is 0. The molecule has 0 bridgehead atoms. The van der Waals surface area contributed by atoms with Crippen LogP contribution in [-0.2, 0) is 11.2 Å². The molecule has 21 heavy (non-hydrogen) atoms. The number of hydrogen-bond donors (Lipinski definition) is 2. The third kappa shape index (κ3) is 4.43. The zero-order valence-electron chi connectivity index (χ0n) is 12.6. The Balaban J connectivity index is 1.78. The van der Waals surface area contributed by atoms with Crippen LogP contribution in [-0.4, -0.2) is 32.1 Å². The molecular weight excluding hydrogens is 271 g/mol. The van der Waals surface area contributed by atoms with Gasteiger partial charge in [0.25, 0.3) is 0 Å². The van der Waals surface area contributed by atoms with Crippen molar-refractivity contribution in [3.05, 3.63) is 29.6 Å². The Kier molecular flexibility index (Phi) is 5.56.